The second kappa shape index (κ2) is 5.21. The SMILES string of the molecule is Cc1ccc(CNc2cc(F)ccc2-n2cccn2)o1. The Bertz CT molecular complexity index is 704. The van der Waals surface area contributed by atoms with Gasteiger partial charge < -0.3 is 9.73 Å². The van der Waals surface area contributed by atoms with E-state index in [1.807, 2.05) is 31.3 Å². The molecule has 102 valence electrons. The van der Waals surface area contributed by atoms with Crippen LogP contribution in [-0.2, 0) is 6.54 Å². The zero-order valence-corrected chi connectivity index (χ0v) is 11.0. The Hall–Kier alpha value is -2.56. The Morgan fingerprint density at radius 1 is 1.30 bits per heavy atom. The quantitative estimate of drug-likeness (QED) is 0.789. The number of benzene rings is 1. The molecule has 1 aromatic carbocycles. The molecule has 1 N–H and O–H groups in total. The second-order valence-electron chi connectivity index (χ2n) is 4.48. The van der Waals surface area contributed by atoms with E-state index < -0.39 is 0 Å². The summed E-state index contributed by atoms with van der Waals surface area (Å²) in [7, 11) is 0. The highest BCUT2D eigenvalue weighted by molar-refractivity contribution is 5.60. The van der Waals surface area contributed by atoms with Crippen LogP contribution in [0.1, 0.15) is 11.5 Å². The van der Waals surface area contributed by atoms with Crippen LogP contribution in [0.5, 0.6) is 0 Å². The molecule has 20 heavy (non-hydrogen) atoms. The van der Waals surface area contributed by atoms with Crippen LogP contribution in [-0.4, -0.2) is 9.78 Å². The molecule has 3 rings (SSSR count). The summed E-state index contributed by atoms with van der Waals surface area (Å²) in [6, 6.07) is 10.2. The molecule has 5 heteroatoms. The van der Waals surface area contributed by atoms with E-state index in [0.717, 1.165) is 17.2 Å². The third-order valence-electron chi connectivity index (χ3n) is 2.96. The van der Waals surface area contributed by atoms with Crippen molar-refractivity contribution < 1.29 is 8.81 Å². The van der Waals surface area contributed by atoms with Crippen molar-refractivity contribution in [2.45, 2.75) is 13.5 Å². The van der Waals surface area contributed by atoms with Crippen LogP contribution in [0.4, 0.5) is 10.1 Å². The molecule has 0 atom stereocenters. The molecule has 0 saturated carbocycles. The Kier molecular flexibility index (Phi) is 3.25. The third kappa shape index (κ3) is 2.56. The standard InChI is InChI=1S/C15H14FN3O/c1-11-3-5-13(20-11)10-17-14-9-12(16)4-6-15(14)19-8-2-7-18-19/h2-9,17H,10H2,1H3. The lowest BCUT2D eigenvalue weighted by molar-refractivity contribution is 0.490. The van der Waals surface area contributed by atoms with Gasteiger partial charge in [-0.3, -0.25) is 0 Å². The maximum Gasteiger partial charge on any atom is 0.125 e. The van der Waals surface area contributed by atoms with Gasteiger partial charge in [0.1, 0.15) is 17.3 Å². The maximum absolute atomic E-state index is 13.4. The van der Waals surface area contributed by atoms with Gasteiger partial charge in [0, 0.05) is 12.4 Å². The summed E-state index contributed by atoms with van der Waals surface area (Å²) in [6.07, 6.45) is 3.50. The first-order valence-electron chi connectivity index (χ1n) is 6.31. The summed E-state index contributed by atoms with van der Waals surface area (Å²) < 4.78 is 20.6. The van der Waals surface area contributed by atoms with Crippen LogP contribution in [0.2, 0.25) is 0 Å². The molecule has 0 saturated heterocycles. The largest absolute Gasteiger partial charge is 0.465 e. The first kappa shape index (κ1) is 12.5. The number of hydrogen-bond acceptors (Lipinski definition) is 3. The average Bonchev–Trinajstić information content (AvgIpc) is 3.08. The first-order chi connectivity index (χ1) is 9.72. The summed E-state index contributed by atoms with van der Waals surface area (Å²) in [5, 5.41) is 7.34. The van der Waals surface area contributed by atoms with Crippen molar-refractivity contribution in [2.24, 2.45) is 0 Å². The summed E-state index contributed by atoms with van der Waals surface area (Å²) in [5.41, 5.74) is 1.46. The van der Waals surface area contributed by atoms with E-state index in [1.54, 1.807) is 16.9 Å². The Morgan fingerprint density at radius 3 is 2.90 bits per heavy atom. The highest BCUT2D eigenvalue weighted by Gasteiger charge is 2.07. The Morgan fingerprint density at radius 2 is 2.20 bits per heavy atom. The van der Waals surface area contributed by atoms with Gasteiger partial charge in [-0.15, -0.1) is 0 Å². The number of anilines is 1. The number of aryl methyl sites for hydroxylation is 1. The third-order valence-corrected chi connectivity index (χ3v) is 2.96. The highest BCUT2D eigenvalue weighted by Crippen LogP contribution is 2.22. The molecule has 3 aromatic rings. The highest BCUT2D eigenvalue weighted by atomic mass is 19.1. The summed E-state index contributed by atoms with van der Waals surface area (Å²) in [4.78, 5) is 0. The molecule has 0 fully saturated rings. The fourth-order valence-corrected chi connectivity index (χ4v) is 2.02. The molecule has 0 aliphatic carbocycles. The molecule has 0 unspecified atom stereocenters. The second-order valence-corrected chi connectivity index (χ2v) is 4.48. The number of nitrogens with zero attached hydrogens (tertiary/aromatic N) is 2. The Labute approximate surface area is 115 Å². The minimum Gasteiger partial charge on any atom is -0.465 e. The number of rotatable bonds is 4. The van der Waals surface area contributed by atoms with E-state index in [-0.39, 0.29) is 5.82 Å². The molecule has 0 bridgehead atoms. The minimum absolute atomic E-state index is 0.293. The van der Waals surface area contributed by atoms with Crippen LogP contribution in [0.15, 0.2) is 53.2 Å². The number of aromatic nitrogens is 2. The number of halogens is 1. The monoisotopic (exact) mass is 271 g/mol. The average molecular weight is 271 g/mol. The fourth-order valence-electron chi connectivity index (χ4n) is 2.02. The van der Waals surface area contributed by atoms with Gasteiger partial charge in [-0.25, -0.2) is 9.07 Å². The Balaban J connectivity index is 1.86. The lowest BCUT2D eigenvalue weighted by Gasteiger charge is -2.11. The summed E-state index contributed by atoms with van der Waals surface area (Å²) >= 11 is 0. The fraction of sp³-hybridized carbons (Fsp3) is 0.133. The molecule has 2 heterocycles. The van der Waals surface area contributed by atoms with E-state index >= 15 is 0 Å². The van der Waals surface area contributed by atoms with Crippen LogP contribution in [0.3, 0.4) is 0 Å². The lowest BCUT2D eigenvalue weighted by atomic mass is 10.2. The predicted octanol–water partition coefficient (Wildman–Crippen LogP) is 3.52. The topological polar surface area (TPSA) is 43.0 Å². The first-order valence-corrected chi connectivity index (χ1v) is 6.31. The van der Waals surface area contributed by atoms with Gasteiger partial charge >= 0.3 is 0 Å². The van der Waals surface area contributed by atoms with Gasteiger partial charge in [-0.1, -0.05) is 0 Å². The maximum atomic E-state index is 13.4. The number of hydrogen-bond donors (Lipinski definition) is 1. The van der Waals surface area contributed by atoms with Crippen LogP contribution in [0.25, 0.3) is 5.69 Å². The van der Waals surface area contributed by atoms with E-state index in [4.69, 9.17) is 4.42 Å². The molecule has 4 nitrogen and oxygen atoms in total. The molecule has 2 aromatic heterocycles. The van der Waals surface area contributed by atoms with Crippen molar-refractivity contribution >= 4 is 5.69 Å². The van der Waals surface area contributed by atoms with E-state index in [2.05, 4.69) is 10.4 Å². The zero-order chi connectivity index (χ0) is 13.9. The van der Waals surface area contributed by atoms with Crippen molar-refractivity contribution in [3.8, 4) is 5.69 Å². The van der Waals surface area contributed by atoms with Gasteiger partial charge in [0.15, 0.2) is 0 Å². The van der Waals surface area contributed by atoms with Gasteiger partial charge in [0.2, 0.25) is 0 Å². The molecule has 0 aliphatic rings. The molecular formula is C15H14FN3O. The molecule has 0 aliphatic heterocycles. The van der Waals surface area contributed by atoms with E-state index in [0.29, 0.717) is 12.2 Å². The normalized spacial score (nSPS) is 10.7. The van der Waals surface area contributed by atoms with Crippen LogP contribution >= 0.6 is 0 Å². The van der Waals surface area contributed by atoms with Gasteiger partial charge in [0.05, 0.1) is 17.9 Å². The van der Waals surface area contributed by atoms with Gasteiger partial charge in [0.25, 0.3) is 0 Å². The minimum atomic E-state index is -0.293. The van der Waals surface area contributed by atoms with Crippen molar-refractivity contribution in [3.05, 3.63) is 66.1 Å². The van der Waals surface area contributed by atoms with Gasteiger partial charge in [-0.2, -0.15) is 5.10 Å². The van der Waals surface area contributed by atoms with Crippen molar-refractivity contribution in [2.75, 3.05) is 5.32 Å². The van der Waals surface area contributed by atoms with Crippen molar-refractivity contribution in [1.82, 2.24) is 9.78 Å². The lowest BCUT2D eigenvalue weighted by Crippen LogP contribution is -2.05. The van der Waals surface area contributed by atoms with Crippen molar-refractivity contribution in [1.29, 1.82) is 0 Å². The van der Waals surface area contributed by atoms with Crippen molar-refractivity contribution in [3.63, 3.8) is 0 Å². The zero-order valence-electron chi connectivity index (χ0n) is 11.0. The smallest absolute Gasteiger partial charge is 0.125 e. The predicted molar refractivity (Wildman–Crippen MR) is 74.3 cm³/mol. The van der Waals surface area contributed by atoms with Gasteiger partial charge in [-0.05, 0) is 43.3 Å². The molecule has 0 amide bonds. The van der Waals surface area contributed by atoms with E-state index in [9.17, 15) is 4.39 Å². The van der Waals surface area contributed by atoms with Crippen LogP contribution < -0.4 is 5.32 Å². The van der Waals surface area contributed by atoms with Crippen LogP contribution in [0, 0.1) is 12.7 Å². The number of furan rings is 1. The molecular weight excluding hydrogens is 257 g/mol. The summed E-state index contributed by atoms with van der Waals surface area (Å²) in [5.74, 6) is 1.37. The molecule has 0 spiro atoms. The van der Waals surface area contributed by atoms with E-state index in [1.165, 1.54) is 12.1 Å². The number of nitrogens with one attached hydrogen (secondary N) is 1. The summed E-state index contributed by atoms with van der Waals surface area (Å²) in [6.45, 7) is 2.38. The molecule has 0 radical (unpaired) electrons.